The van der Waals surface area contributed by atoms with Crippen molar-refractivity contribution in [2.75, 3.05) is 6.54 Å². The van der Waals surface area contributed by atoms with E-state index in [9.17, 15) is 0 Å². The van der Waals surface area contributed by atoms with Crippen molar-refractivity contribution in [1.82, 2.24) is 15.3 Å². The van der Waals surface area contributed by atoms with Gasteiger partial charge < -0.3 is 5.32 Å². The number of hydrogen-bond donors (Lipinski definition) is 1. The van der Waals surface area contributed by atoms with Gasteiger partial charge in [-0.1, -0.05) is 25.1 Å². The van der Waals surface area contributed by atoms with E-state index < -0.39 is 0 Å². The Morgan fingerprint density at radius 1 is 1.10 bits per heavy atom. The van der Waals surface area contributed by atoms with Gasteiger partial charge in [0.05, 0.1) is 11.6 Å². The molecule has 0 radical (unpaired) electrons. The van der Waals surface area contributed by atoms with Gasteiger partial charge in [-0.05, 0) is 51.8 Å². The minimum Gasteiger partial charge on any atom is -0.306 e. The van der Waals surface area contributed by atoms with Crippen LogP contribution in [0.2, 0.25) is 0 Å². The summed E-state index contributed by atoms with van der Waals surface area (Å²) in [6.07, 6.45) is 5.63. The number of hydrogen-bond acceptors (Lipinski definition) is 3. The van der Waals surface area contributed by atoms with Crippen molar-refractivity contribution in [3.8, 4) is 0 Å². The van der Waals surface area contributed by atoms with Gasteiger partial charge in [0.25, 0.3) is 0 Å². The van der Waals surface area contributed by atoms with Crippen molar-refractivity contribution in [3.05, 3.63) is 70.6 Å². The molecule has 0 saturated heterocycles. The van der Waals surface area contributed by atoms with Crippen LogP contribution < -0.4 is 5.32 Å². The molecule has 21 heavy (non-hydrogen) atoms. The lowest BCUT2D eigenvalue weighted by Gasteiger charge is -2.19. The highest BCUT2D eigenvalue weighted by atomic mass is 79.9. The van der Waals surface area contributed by atoms with Gasteiger partial charge in [0, 0.05) is 28.4 Å². The Bertz CT molecular complexity index is 758. The fourth-order valence-corrected chi connectivity index (χ4v) is 2.85. The number of aromatic nitrogens is 2. The Hall–Kier alpha value is -1.78. The van der Waals surface area contributed by atoms with E-state index in [2.05, 4.69) is 56.3 Å². The summed E-state index contributed by atoms with van der Waals surface area (Å²) in [4.78, 5) is 8.83. The molecule has 3 aromatic rings. The second kappa shape index (κ2) is 6.33. The maximum Gasteiger partial charge on any atom is 0.0702 e. The summed E-state index contributed by atoms with van der Waals surface area (Å²) in [5.74, 6) is 0. The van der Waals surface area contributed by atoms with Crippen LogP contribution >= 0.6 is 15.9 Å². The van der Waals surface area contributed by atoms with Crippen LogP contribution in [0.25, 0.3) is 10.9 Å². The number of benzene rings is 1. The molecule has 2 aromatic heterocycles. The van der Waals surface area contributed by atoms with Crippen LogP contribution in [0.3, 0.4) is 0 Å². The summed E-state index contributed by atoms with van der Waals surface area (Å²) in [5.41, 5.74) is 3.29. The monoisotopic (exact) mass is 341 g/mol. The van der Waals surface area contributed by atoms with Gasteiger partial charge in [-0.3, -0.25) is 9.97 Å². The van der Waals surface area contributed by atoms with E-state index in [1.54, 1.807) is 6.20 Å². The van der Waals surface area contributed by atoms with E-state index in [1.165, 1.54) is 0 Å². The predicted octanol–water partition coefficient (Wildman–Crippen LogP) is 4.09. The van der Waals surface area contributed by atoms with Crippen molar-refractivity contribution >= 4 is 26.8 Å². The van der Waals surface area contributed by atoms with Gasteiger partial charge in [0.2, 0.25) is 0 Å². The Morgan fingerprint density at radius 3 is 2.71 bits per heavy atom. The smallest absolute Gasteiger partial charge is 0.0702 e. The molecule has 0 saturated carbocycles. The molecule has 1 aromatic carbocycles. The third-order valence-electron chi connectivity index (χ3n) is 3.41. The minimum atomic E-state index is 0.0945. The first-order valence-corrected chi connectivity index (χ1v) is 7.75. The molecule has 0 spiro atoms. The molecule has 2 heterocycles. The fraction of sp³-hybridized carbons (Fsp3) is 0.176. The second-order valence-electron chi connectivity index (χ2n) is 4.89. The number of pyridine rings is 2. The molecule has 0 aliphatic heterocycles. The van der Waals surface area contributed by atoms with Gasteiger partial charge in [-0.25, -0.2) is 0 Å². The van der Waals surface area contributed by atoms with Crippen LogP contribution in [0, 0.1) is 0 Å². The fourth-order valence-electron chi connectivity index (χ4n) is 2.46. The van der Waals surface area contributed by atoms with E-state index in [0.29, 0.717) is 0 Å². The minimum absolute atomic E-state index is 0.0945. The van der Waals surface area contributed by atoms with Crippen LogP contribution in [0.4, 0.5) is 0 Å². The molecule has 0 aliphatic rings. The van der Waals surface area contributed by atoms with Crippen molar-refractivity contribution in [2.45, 2.75) is 13.0 Å². The molecule has 0 amide bonds. The number of fused-ring (bicyclic) bond motifs is 1. The number of nitrogens with one attached hydrogen (secondary N) is 1. The second-order valence-corrected chi connectivity index (χ2v) is 5.80. The average Bonchev–Trinajstić information content (AvgIpc) is 2.52. The van der Waals surface area contributed by atoms with Crippen molar-refractivity contribution in [1.29, 1.82) is 0 Å². The predicted molar refractivity (Wildman–Crippen MR) is 89.2 cm³/mol. The highest BCUT2D eigenvalue weighted by Crippen LogP contribution is 2.25. The molecular weight excluding hydrogens is 326 g/mol. The Labute approximate surface area is 132 Å². The van der Waals surface area contributed by atoms with Gasteiger partial charge in [-0.2, -0.15) is 0 Å². The number of para-hydroxylation sites is 1. The molecule has 3 rings (SSSR count). The lowest BCUT2D eigenvalue weighted by atomic mass is 10.0. The average molecular weight is 342 g/mol. The summed E-state index contributed by atoms with van der Waals surface area (Å²) in [6, 6.07) is 12.5. The molecule has 106 valence electrons. The zero-order chi connectivity index (χ0) is 14.7. The van der Waals surface area contributed by atoms with E-state index in [0.717, 1.165) is 33.0 Å². The lowest BCUT2D eigenvalue weighted by Crippen LogP contribution is -2.22. The molecular formula is C17H16BrN3. The standard InChI is InChI=1S/C17H16BrN3/c1-2-20-17(14-8-15(18)11-19-9-14)13-7-12-5-3-4-6-16(12)21-10-13/h3-11,17,20H,2H2,1H3. The first kappa shape index (κ1) is 14.2. The van der Waals surface area contributed by atoms with Crippen molar-refractivity contribution in [3.63, 3.8) is 0 Å². The summed E-state index contributed by atoms with van der Waals surface area (Å²) < 4.78 is 0.983. The highest BCUT2D eigenvalue weighted by Gasteiger charge is 2.14. The van der Waals surface area contributed by atoms with Gasteiger partial charge >= 0.3 is 0 Å². The molecule has 0 fully saturated rings. The Kier molecular flexibility index (Phi) is 4.27. The molecule has 1 atom stereocenters. The number of rotatable bonds is 4. The third kappa shape index (κ3) is 3.12. The van der Waals surface area contributed by atoms with Crippen LogP contribution in [0.5, 0.6) is 0 Å². The Morgan fingerprint density at radius 2 is 1.90 bits per heavy atom. The maximum atomic E-state index is 4.56. The molecule has 3 nitrogen and oxygen atoms in total. The van der Waals surface area contributed by atoms with E-state index in [-0.39, 0.29) is 6.04 Å². The number of halogens is 1. The molecule has 4 heteroatoms. The Balaban J connectivity index is 2.06. The third-order valence-corrected chi connectivity index (χ3v) is 3.85. The zero-order valence-corrected chi connectivity index (χ0v) is 13.3. The van der Waals surface area contributed by atoms with Crippen LogP contribution in [0.15, 0.2) is 59.5 Å². The summed E-state index contributed by atoms with van der Waals surface area (Å²) >= 11 is 3.49. The van der Waals surface area contributed by atoms with Crippen LogP contribution in [0.1, 0.15) is 24.1 Å². The summed E-state index contributed by atoms with van der Waals surface area (Å²) in [6.45, 7) is 2.98. The summed E-state index contributed by atoms with van der Waals surface area (Å²) in [5, 5.41) is 4.66. The van der Waals surface area contributed by atoms with E-state index in [4.69, 9.17) is 0 Å². The van der Waals surface area contributed by atoms with Gasteiger partial charge in [0.1, 0.15) is 0 Å². The number of nitrogens with zero attached hydrogens (tertiary/aromatic N) is 2. The highest BCUT2D eigenvalue weighted by molar-refractivity contribution is 9.10. The lowest BCUT2D eigenvalue weighted by molar-refractivity contribution is 0.627. The quantitative estimate of drug-likeness (QED) is 0.776. The van der Waals surface area contributed by atoms with Crippen molar-refractivity contribution < 1.29 is 0 Å². The SMILES string of the molecule is CCNC(c1cncc(Br)c1)c1cnc2ccccc2c1. The largest absolute Gasteiger partial charge is 0.306 e. The summed E-state index contributed by atoms with van der Waals surface area (Å²) in [7, 11) is 0. The van der Waals surface area contributed by atoms with Crippen LogP contribution in [-0.4, -0.2) is 16.5 Å². The van der Waals surface area contributed by atoms with Gasteiger partial charge in [0.15, 0.2) is 0 Å². The topological polar surface area (TPSA) is 37.8 Å². The first-order valence-electron chi connectivity index (χ1n) is 6.96. The molecule has 1 unspecified atom stereocenters. The van der Waals surface area contributed by atoms with Gasteiger partial charge in [-0.15, -0.1) is 0 Å². The molecule has 0 aliphatic carbocycles. The normalized spacial score (nSPS) is 12.5. The molecule has 0 bridgehead atoms. The zero-order valence-electron chi connectivity index (χ0n) is 11.8. The van der Waals surface area contributed by atoms with E-state index >= 15 is 0 Å². The molecule has 1 N–H and O–H groups in total. The van der Waals surface area contributed by atoms with E-state index in [1.807, 2.05) is 30.6 Å². The van der Waals surface area contributed by atoms with Crippen LogP contribution in [-0.2, 0) is 0 Å². The van der Waals surface area contributed by atoms with Crippen molar-refractivity contribution in [2.24, 2.45) is 0 Å². The maximum absolute atomic E-state index is 4.56. The first-order chi connectivity index (χ1) is 10.3.